The van der Waals surface area contributed by atoms with Crippen molar-refractivity contribution in [3.63, 3.8) is 0 Å². The number of aliphatic imine (C=N–C) groups is 1. The van der Waals surface area contributed by atoms with Gasteiger partial charge in [0.25, 0.3) is 0 Å². The summed E-state index contributed by atoms with van der Waals surface area (Å²) in [6.07, 6.45) is 0. The van der Waals surface area contributed by atoms with Gasteiger partial charge >= 0.3 is 0 Å². The van der Waals surface area contributed by atoms with E-state index < -0.39 is 0 Å². The maximum absolute atomic E-state index is 5.99. The molecule has 4 nitrogen and oxygen atoms in total. The third kappa shape index (κ3) is 6.67. The topological polar surface area (TPSA) is 39.7 Å². The molecule has 0 heterocycles. The fourth-order valence-electron chi connectivity index (χ4n) is 2.47. The summed E-state index contributed by atoms with van der Waals surface area (Å²) in [5.41, 5.74) is 1.14. The number of nitrogens with zero attached hydrogens (tertiary/aromatic N) is 2. The summed E-state index contributed by atoms with van der Waals surface area (Å²) in [6, 6.07) is 8.93. The van der Waals surface area contributed by atoms with Gasteiger partial charge in [0.2, 0.25) is 0 Å². The summed E-state index contributed by atoms with van der Waals surface area (Å²) in [5, 5.41) is 7.42. The first kappa shape index (κ1) is 18.8. The van der Waals surface area contributed by atoms with E-state index in [1.807, 2.05) is 24.3 Å². The quantitative estimate of drug-likeness (QED) is 0.598. The van der Waals surface area contributed by atoms with Crippen LogP contribution >= 0.6 is 11.6 Å². The Hall–Kier alpha value is -1.26. The molecule has 22 heavy (non-hydrogen) atoms. The first-order valence-corrected chi connectivity index (χ1v) is 8.26. The molecule has 0 spiro atoms. The van der Waals surface area contributed by atoms with Gasteiger partial charge in [0.05, 0.1) is 0 Å². The lowest BCUT2D eigenvalue weighted by molar-refractivity contribution is 0.178. The first-order chi connectivity index (χ1) is 10.4. The van der Waals surface area contributed by atoms with Gasteiger partial charge in [-0.25, -0.2) is 0 Å². The van der Waals surface area contributed by atoms with Gasteiger partial charge in [-0.3, -0.25) is 9.89 Å². The molecule has 0 radical (unpaired) electrons. The summed E-state index contributed by atoms with van der Waals surface area (Å²) in [6.45, 7) is 11.5. The molecule has 0 atom stereocenters. The van der Waals surface area contributed by atoms with Crippen LogP contribution in [0.2, 0.25) is 5.02 Å². The Kier molecular flexibility index (Phi) is 8.28. The fraction of sp³-hybridized carbons (Fsp3) is 0.588. The fourth-order valence-corrected chi connectivity index (χ4v) is 2.68. The van der Waals surface area contributed by atoms with Crippen molar-refractivity contribution in [1.29, 1.82) is 0 Å². The molecule has 1 aromatic rings. The Balaban J connectivity index is 2.40. The Morgan fingerprint density at radius 3 is 2.41 bits per heavy atom. The van der Waals surface area contributed by atoms with Crippen LogP contribution in [0.5, 0.6) is 0 Å². The van der Waals surface area contributed by atoms with Crippen molar-refractivity contribution in [1.82, 2.24) is 15.5 Å². The van der Waals surface area contributed by atoms with E-state index in [9.17, 15) is 0 Å². The average Bonchev–Trinajstić information content (AvgIpc) is 2.45. The molecule has 0 aromatic heterocycles. The van der Waals surface area contributed by atoms with E-state index in [-0.39, 0.29) is 0 Å². The highest BCUT2D eigenvalue weighted by molar-refractivity contribution is 6.30. The molecule has 0 saturated heterocycles. The summed E-state index contributed by atoms with van der Waals surface area (Å²) < 4.78 is 0. The van der Waals surface area contributed by atoms with E-state index in [4.69, 9.17) is 11.6 Å². The molecule has 0 aliphatic heterocycles. The van der Waals surface area contributed by atoms with E-state index in [2.05, 4.69) is 48.2 Å². The van der Waals surface area contributed by atoms with Gasteiger partial charge in [-0.15, -0.1) is 0 Å². The maximum atomic E-state index is 5.99. The summed E-state index contributed by atoms with van der Waals surface area (Å²) in [5.74, 6) is 0.812. The lowest BCUT2D eigenvalue weighted by Crippen LogP contribution is -2.45. The second-order valence-corrected chi connectivity index (χ2v) is 6.34. The lowest BCUT2D eigenvalue weighted by atomic mass is 10.2. The average molecular weight is 325 g/mol. The van der Waals surface area contributed by atoms with Gasteiger partial charge in [0.1, 0.15) is 0 Å². The smallest absolute Gasteiger partial charge is 0.191 e. The summed E-state index contributed by atoms with van der Waals surface area (Å²) in [7, 11) is 1.79. The van der Waals surface area contributed by atoms with Crippen LogP contribution in [0, 0.1) is 0 Å². The molecule has 0 aliphatic rings. The number of nitrogens with one attached hydrogen (secondary N) is 2. The van der Waals surface area contributed by atoms with Gasteiger partial charge in [0.15, 0.2) is 5.96 Å². The van der Waals surface area contributed by atoms with E-state index >= 15 is 0 Å². The van der Waals surface area contributed by atoms with Crippen molar-refractivity contribution in [3.8, 4) is 0 Å². The molecule has 2 N–H and O–H groups in total. The molecule has 0 amide bonds. The molecule has 0 saturated carbocycles. The van der Waals surface area contributed by atoms with Crippen molar-refractivity contribution in [2.45, 2.75) is 46.3 Å². The van der Waals surface area contributed by atoms with Gasteiger partial charge in [-0.2, -0.15) is 0 Å². The number of halogens is 1. The second kappa shape index (κ2) is 9.70. The molecule has 5 heteroatoms. The minimum absolute atomic E-state index is 0.545. The molecular weight excluding hydrogens is 296 g/mol. The third-order valence-electron chi connectivity index (χ3n) is 3.56. The molecule has 0 fully saturated rings. The van der Waals surface area contributed by atoms with Gasteiger partial charge in [-0.05, 0) is 45.4 Å². The Morgan fingerprint density at radius 1 is 1.18 bits per heavy atom. The maximum Gasteiger partial charge on any atom is 0.191 e. The van der Waals surface area contributed by atoms with Crippen LogP contribution in [0.3, 0.4) is 0 Å². The normalized spacial score (nSPS) is 12.3. The standard InChI is InChI=1S/C17H29ClN4/c1-13(2)22(14(3)4)10-9-20-17(19-5)21-12-15-7-6-8-16(18)11-15/h6-8,11,13-14H,9-10,12H2,1-5H3,(H2,19,20,21). The largest absolute Gasteiger partial charge is 0.355 e. The Morgan fingerprint density at radius 2 is 1.86 bits per heavy atom. The second-order valence-electron chi connectivity index (χ2n) is 5.91. The molecule has 0 bridgehead atoms. The van der Waals surface area contributed by atoms with Crippen LogP contribution in [0.4, 0.5) is 0 Å². The first-order valence-electron chi connectivity index (χ1n) is 7.88. The summed E-state index contributed by atoms with van der Waals surface area (Å²) in [4.78, 5) is 6.71. The molecular formula is C17H29ClN4. The highest BCUT2D eigenvalue weighted by atomic mass is 35.5. The number of hydrogen-bond acceptors (Lipinski definition) is 2. The van der Waals surface area contributed by atoms with E-state index in [1.54, 1.807) is 7.05 Å². The number of rotatable bonds is 7. The number of guanidine groups is 1. The predicted octanol–water partition coefficient (Wildman–Crippen LogP) is 3.12. The molecule has 1 aromatic carbocycles. The van der Waals surface area contributed by atoms with Gasteiger partial charge in [-0.1, -0.05) is 23.7 Å². The van der Waals surface area contributed by atoms with Crippen molar-refractivity contribution in [3.05, 3.63) is 34.9 Å². The van der Waals surface area contributed by atoms with E-state index in [1.165, 1.54) is 0 Å². The van der Waals surface area contributed by atoms with Crippen LogP contribution in [0.1, 0.15) is 33.3 Å². The molecule has 0 unspecified atom stereocenters. The molecule has 0 aliphatic carbocycles. The molecule has 1 rings (SSSR count). The van der Waals surface area contributed by atoms with Crippen LogP contribution in [-0.4, -0.2) is 43.1 Å². The van der Waals surface area contributed by atoms with Crippen LogP contribution in [-0.2, 0) is 6.54 Å². The van der Waals surface area contributed by atoms with Crippen molar-refractivity contribution in [2.24, 2.45) is 4.99 Å². The SMILES string of the molecule is CN=C(NCCN(C(C)C)C(C)C)NCc1cccc(Cl)c1. The zero-order valence-electron chi connectivity index (χ0n) is 14.4. The Bertz CT molecular complexity index is 463. The van der Waals surface area contributed by atoms with Gasteiger partial charge < -0.3 is 10.6 Å². The third-order valence-corrected chi connectivity index (χ3v) is 3.80. The minimum Gasteiger partial charge on any atom is -0.355 e. The molecule has 124 valence electrons. The number of hydrogen-bond donors (Lipinski definition) is 2. The van der Waals surface area contributed by atoms with E-state index in [0.29, 0.717) is 18.6 Å². The van der Waals surface area contributed by atoms with Crippen molar-refractivity contribution in [2.75, 3.05) is 20.1 Å². The highest BCUT2D eigenvalue weighted by Gasteiger charge is 2.12. The van der Waals surface area contributed by atoms with Crippen LogP contribution in [0.15, 0.2) is 29.3 Å². The number of benzene rings is 1. The van der Waals surface area contributed by atoms with Crippen LogP contribution < -0.4 is 10.6 Å². The predicted molar refractivity (Wildman–Crippen MR) is 96.6 cm³/mol. The van der Waals surface area contributed by atoms with E-state index in [0.717, 1.165) is 29.6 Å². The summed E-state index contributed by atoms with van der Waals surface area (Å²) >= 11 is 5.99. The van der Waals surface area contributed by atoms with Crippen molar-refractivity contribution < 1.29 is 0 Å². The lowest BCUT2D eigenvalue weighted by Gasteiger charge is -2.30. The van der Waals surface area contributed by atoms with Crippen LogP contribution in [0.25, 0.3) is 0 Å². The van der Waals surface area contributed by atoms with Gasteiger partial charge in [0, 0.05) is 43.8 Å². The minimum atomic E-state index is 0.545. The zero-order valence-corrected chi connectivity index (χ0v) is 15.1. The zero-order chi connectivity index (χ0) is 16.5. The highest BCUT2D eigenvalue weighted by Crippen LogP contribution is 2.10. The Labute approximate surface area is 140 Å². The van der Waals surface area contributed by atoms with Crippen molar-refractivity contribution >= 4 is 17.6 Å². The monoisotopic (exact) mass is 324 g/mol.